The lowest BCUT2D eigenvalue weighted by molar-refractivity contribution is 0.0520. The predicted molar refractivity (Wildman–Crippen MR) is 216 cm³/mol. The van der Waals surface area contributed by atoms with Crippen LogP contribution in [0, 0.1) is 12.3 Å². The molecule has 1 aliphatic heterocycles. The maximum Gasteiger partial charge on any atom is 0.358 e. The van der Waals surface area contributed by atoms with Crippen LogP contribution in [-0.2, 0) is 27.1 Å². The zero-order valence-electron chi connectivity index (χ0n) is 32.1. The normalized spacial score (nSPS) is 15.0. The van der Waals surface area contributed by atoms with E-state index >= 15 is 0 Å². The lowest BCUT2D eigenvalue weighted by atomic mass is 9.93. The number of benzene rings is 1. The van der Waals surface area contributed by atoms with Gasteiger partial charge in [0, 0.05) is 32.4 Å². The van der Waals surface area contributed by atoms with Crippen molar-refractivity contribution in [2.45, 2.75) is 99.0 Å². The number of anilines is 2. The Morgan fingerprint density at radius 2 is 1.86 bits per heavy atom. The van der Waals surface area contributed by atoms with Gasteiger partial charge in [-0.05, 0) is 68.6 Å². The standard InChI is InChI=1S/C37H54N6O4S2Si2/c1-12-46-34(44)31-30(18-15-21-47-51(10,11)26(3)37(4,5)6)49-35(38-31)42-20-19-27-25(2)32(40-41-33(27)42)39-36-43(24-45-22-23-50(7,8)9)28-16-13-14-17-29(28)48-36/h13-18,26H,12,19-24H2,1-11H3/b18-15+,39-36-. The van der Waals surface area contributed by atoms with Crippen LogP contribution in [0.2, 0.25) is 44.3 Å². The molecule has 5 rings (SSSR count). The summed E-state index contributed by atoms with van der Waals surface area (Å²) in [7, 11) is -3.14. The maximum absolute atomic E-state index is 13.0. The van der Waals surface area contributed by atoms with E-state index in [2.05, 4.69) is 94.3 Å². The third-order valence-corrected chi connectivity index (χ3v) is 17.3. The average molecular weight is 767 g/mol. The Morgan fingerprint density at radius 1 is 1.12 bits per heavy atom. The molecule has 1 atom stereocenters. The molecule has 0 fully saturated rings. The number of carbonyl (C=O) groups is 1. The maximum atomic E-state index is 13.0. The van der Waals surface area contributed by atoms with Crippen molar-refractivity contribution in [3.05, 3.63) is 56.8 Å². The molecule has 4 aromatic rings. The molecule has 0 spiro atoms. The fourth-order valence-electron chi connectivity index (χ4n) is 6.01. The highest BCUT2D eigenvalue weighted by atomic mass is 32.1. The van der Waals surface area contributed by atoms with Gasteiger partial charge in [-0.15, -0.1) is 10.2 Å². The van der Waals surface area contributed by atoms with E-state index in [4.69, 9.17) is 23.9 Å². The molecule has 1 unspecified atom stereocenters. The van der Waals surface area contributed by atoms with Crippen LogP contribution in [0.25, 0.3) is 16.3 Å². The molecule has 3 aromatic heterocycles. The minimum absolute atomic E-state index is 0.174. The van der Waals surface area contributed by atoms with Gasteiger partial charge in [-0.3, -0.25) is 4.57 Å². The Balaban J connectivity index is 1.41. The van der Waals surface area contributed by atoms with Gasteiger partial charge in [0.05, 0.1) is 28.3 Å². The number of aromatic nitrogens is 4. The molecule has 0 bridgehead atoms. The number of para-hydroxylation sites is 1. The minimum Gasteiger partial charge on any atom is -0.461 e. The van der Waals surface area contributed by atoms with Crippen LogP contribution >= 0.6 is 22.7 Å². The van der Waals surface area contributed by atoms with Gasteiger partial charge in [-0.25, -0.2) is 9.78 Å². The van der Waals surface area contributed by atoms with E-state index in [1.54, 1.807) is 18.3 Å². The number of thiazole rings is 2. The molecule has 14 heteroatoms. The van der Waals surface area contributed by atoms with Gasteiger partial charge >= 0.3 is 5.97 Å². The highest BCUT2D eigenvalue weighted by Crippen LogP contribution is 2.41. The summed E-state index contributed by atoms with van der Waals surface area (Å²) in [6.45, 7) is 27.1. The molecular weight excluding hydrogens is 713 g/mol. The monoisotopic (exact) mass is 766 g/mol. The van der Waals surface area contributed by atoms with Crippen molar-refractivity contribution in [1.29, 1.82) is 0 Å². The van der Waals surface area contributed by atoms with E-state index in [-0.39, 0.29) is 12.0 Å². The molecule has 1 aromatic carbocycles. The predicted octanol–water partition coefficient (Wildman–Crippen LogP) is 9.34. The summed E-state index contributed by atoms with van der Waals surface area (Å²) < 4.78 is 21.3. The number of hydrogen-bond donors (Lipinski definition) is 0. The lowest BCUT2D eigenvalue weighted by Gasteiger charge is -2.38. The van der Waals surface area contributed by atoms with Crippen molar-refractivity contribution in [2.75, 3.05) is 31.3 Å². The molecule has 0 N–H and O–H groups in total. The van der Waals surface area contributed by atoms with Crippen LogP contribution < -0.4 is 9.70 Å². The van der Waals surface area contributed by atoms with Gasteiger partial charge in [-0.1, -0.05) is 88.2 Å². The van der Waals surface area contributed by atoms with E-state index in [9.17, 15) is 4.79 Å². The Labute approximate surface area is 312 Å². The zero-order valence-corrected chi connectivity index (χ0v) is 35.8. The summed E-state index contributed by atoms with van der Waals surface area (Å²) in [5.74, 6) is 0.908. The molecule has 51 heavy (non-hydrogen) atoms. The second kappa shape index (κ2) is 15.9. The number of hydrogen-bond acceptors (Lipinski definition) is 11. The Kier molecular flexibility index (Phi) is 12.2. The summed E-state index contributed by atoms with van der Waals surface area (Å²) in [4.78, 5) is 26.5. The van der Waals surface area contributed by atoms with Gasteiger partial charge in [-0.2, -0.15) is 4.99 Å². The number of nitrogens with zero attached hydrogens (tertiary/aromatic N) is 6. The SMILES string of the molecule is CCOC(=O)c1nc(N2CCc3c2nnc(/N=c2\sc4ccccc4n2COCC[Si](C)(C)C)c3C)sc1/C=C/CO[Si](C)(C)C(C)C(C)(C)C. The molecule has 276 valence electrons. The van der Waals surface area contributed by atoms with Crippen molar-refractivity contribution in [1.82, 2.24) is 19.7 Å². The van der Waals surface area contributed by atoms with E-state index in [1.807, 2.05) is 29.2 Å². The molecule has 0 amide bonds. The van der Waals surface area contributed by atoms with Crippen molar-refractivity contribution in [3.63, 3.8) is 0 Å². The largest absolute Gasteiger partial charge is 0.461 e. The molecule has 4 heterocycles. The number of rotatable bonds is 14. The zero-order chi connectivity index (χ0) is 37.1. The minimum atomic E-state index is -1.94. The molecule has 0 radical (unpaired) electrons. The van der Waals surface area contributed by atoms with Gasteiger partial charge in [0.25, 0.3) is 0 Å². The molecule has 1 aliphatic rings. The molecule has 10 nitrogen and oxygen atoms in total. The topological polar surface area (TPSA) is 104 Å². The van der Waals surface area contributed by atoms with Crippen molar-refractivity contribution < 1.29 is 18.7 Å². The second-order valence-electron chi connectivity index (χ2n) is 15.9. The lowest BCUT2D eigenvalue weighted by Crippen LogP contribution is -2.41. The summed E-state index contributed by atoms with van der Waals surface area (Å²) in [6.07, 6.45) is 4.69. The fourth-order valence-corrected chi connectivity index (χ4v) is 11.7. The summed E-state index contributed by atoms with van der Waals surface area (Å²) >= 11 is 3.08. The van der Waals surface area contributed by atoms with E-state index < -0.39 is 22.4 Å². The van der Waals surface area contributed by atoms with E-state index in [0.717, 1.165) is 55.9 Å². The third kappa shape index (κ3) is 9.32. The average Bonchev–Trinajstić information content (AvgIpc) is 3.77. The van der Waals surface area contributed by atoms with Crippen LogP contribution in [0.15, 0.2) is 35.3 Å². The number of esters is 1. The number of carbonyl (C=O) groups excluding carboxylic acids is 1. The molecule has 0 saturated heterocycles. The highest BCUT2D eigenvalue weighted by Gasteiger charge is 2.38. The van der Waals surface area contributed by atoms with Crippen LogP contribution in [0.4, 0.5) is 16.8 Å². The Morgan fingerprint density at radius 3 is 2.57 bits per heavy atom. The highest BCUT2D eigenvalue weighted by molar-refractivity contribution is 7.17. The van der Waals surface area contributed by atoms with Crippen LogP contribution in [-0.4, -0.2) is 68.5 Å². The van der Waals surface area contributed by atoms with Crippen LogP contribution in [0.3, 0.4) is 0 Å². The van der Waals surface area contributed by atoms with Crippen LogP contribution in [0.1, 0.15) is 61.1 Å². The quantitative estimate of drug-likeness (QED) is 0.0711. The first-order valence-electron chi connectivity index (χ1n) is 17.8. The third-order valence-electron chi connectivity index (χ3n) is 9.65. The Bertz CT molecular complexity index is 1950. The summed E-state index contributed by atoms with van der Waals surface area (Å²) in [5, 5.41) is 10.00. The number of fused-ring (bicyclic) bond motifs is 2. The van der Waals surface area contributed by atoms with Gasteiger partial charge < -0.3 is 18.8 Å². The molecule has 0 aliphatic carbocycles. The first kappa shape index (κ1) is 39.2. The van der Waals surface area contributed by atoms with Crippen molar-refractivity contribution in [3.8, 4) is 0 Å². The van der Waals surface area contributed by atoms with Gasteiger partial charge in [0.2, 0.25) is 0 Å². The summed E-state index contributed by atoms with van der Waals surface area (Å²) in [5.41, 5.74) is 4.12. The van der Waals surface area contributed by atoms with Gasteiger partial charge in [0.1, 0.15) is 6.73 Å². The van der Waals surface area contributed by atoms with Crippen LogP contribution in [0.5, 0.6) is 0 Å². The van der Waals surface area contributed by atoms with E-state index in [1.165, 1.54) is 11.3 Å². The first-order valence-corrected chi connectivity index (χ1v) is 26.2. The van der Waals surface area contributed by atoms with E-state index in [0.29, 0.717) is 42.1 Å². The molecular formula is C37H54N6O4S2Si2. The first-order chi connectivity index (χ1) is 24.0. The number of ether oxygens (including phenoxy) is 2. The fraction of sp³-hybridized carbons (Fsp3) is 0.541. The summed E-state index contributed by atoms with van der Waals surface area (Å²) in [6, 6.07) is 9.42. The molecule has 0 saturated carbocycles. The Hall–Kier alpha value is -3.02. The van der Waals surface area contributed by atoms with Gasteiger partial charge in [0.15, 0.2) is 35.6 Å². The van der Waals surface area contributed by atoms with Crippen molar-refractivity contribution in [2.24, 2.45) is 10.4 Å². The second-order valence-corrected chi connectivity index (χ2v) is 27.9. The smallest absolute Gasteiger partial charge is 0.358 e. The van der Waals surface area contributed by atoms with Crippen molar-refractivity contribution >= 4 is 78.1 Å².